The number of carbonyl (C=O) groups excluding carboxylic acids is 1. The molecular formula is C15H19N3O2S. The lowest BCUT2D eigenvalue weighted by Gasteiger charge is -2.39. The van der Waals surface area contributed by atoms with Crippen LogP contribution >= 0.6 is 11.8 Å². The number of nitrogens with zero attached hydrogens (tertiary/aromatic N) is 1. The lowest BCUT2D eigenvalue weighted by molar-refractivity contribution is -0.121. The van der Waals surface area contributed by atoms with E-state index in [1.807, 2.05) is 0 Å². The molecule has 1 amide bonds. The predicted molar refractivity (Wildman–Crippen MR) is 80.0 cm³/mol. The Morgan fingerprint density at radius 2 is 2.14 bits per heavy atom. The van der Waals surface area contributed by atoms with Crippen LogP contribution in [0, 0.1) is 17.8 Å². The molecular weight excluding hydrogens is 286 g/mol. The number of carbonyl (C=O) groups is 1. The van der Waals surface area contributed by atoms with E-state index in [1.165, 1.54) is 50.1 Å². The Morgan fingerprint density at radius 3 is 2.81 bits per heavy atom. The largest absolute Gasteiger partial charge is 0.350 e. The topological polar surface area (TPSA) is 74.8 Å². The summed E-state index contributed by atoms with van der Waals surface area (Å²) in [7, 11) is 0. The van der Waals surface area contributed by atoms with Crippen LogP contribution in [0.2, 0.25) is 0 Å². The molecule has 2 unspecified atom stereocenters. The number of aromatic nitrogens is 2. The van der Waals surface area contributed by atoms with Gasteiger partial charge in [0, 0.05) is 11.7 Å². The van der Waals surface area contributed by atoms with Crippen LogP contribution in [0.1, 0.15) is 32.1 Å². The maximum atomic E-state index is 12.2. The van der Waals surface area contributed by atoms with E-state index in [2.05, 4.69) is 15.3 Å². The highest BCUT2D eigenvalue weighted by molar-refractivity contribution is 7.99. The molecule has 0 aliphatic heterocycles. The first-order valence-corrected chi connectivity index (χ1v) is 8.60. The van der Waals surface area contributed by atoms with Gasteiger partial charge in [-0.15, -0.1) is 0 Å². The first-order chi connectivity index (χ1) is 10.1. The fourth-order valence-corrected chi connectivity index (χ4v) is 5.55. The fraction of sp³-hybridized carbons (Fsp3) is 0.667. The Morgan fingerprint density at radius 1 is 1.38 bits per heavy atom. The van der Waals surface area contributed by atoms with E-state index in [-0.39, 0.29) is 17.1 Å². The first-order valence-electron chi connectivity index (χ1n) is 7.61. The number of hydrogen-bond acceptors (Lipinski definition) is 4. The van der Waals surface area contributed by atoms with Crippen molar-refractivity contribution in [3.63, 3.8) is 0 Å². The van der Waals surface area contributed by atoms with Crippen LogP contribution in [-0.2, 0) is 4.79 Å². The van der Waals surface area contributed by atoms with Gasteiger partial charge in [0.1, 0.15) is 0 Å². The Labute approximate surface area is 127 Å². The minimum absolute atomic E-state index is 0.0830. The summed E-state index contributed by atoms with van der Waals surface area (Å²) in [4.78, 5) is 29.6. The average molecular weight is 305 g/mol. The number of nitrogens with one attached hydrogen (secondary N) is 2. The summed E-state index contributed by atoms with van der Waals surface area (Å²) >= 11 is 1.36. The van der Waals surface area contributed by atoms with E-state index in [0.29, 0.717) is 10.8 Å². The molecule has 1 aromatic rings. The molecule has 1 aromatic heterocycles. The Hall–Kier alpha value is -1.30. The second kappa shape index (κ2) is 4.87. The maximum absolute atomic E-state index is 12.2. The van der Waals surface area contributed by atoms with Crippen molar-refractivity contribution in [3.05, 3.63) is 22.7 Å². The van der Waals surface area contributed by atoms with Gasteiger partial charge in [-0.25, -0.2) is 9.78 Å². The van der Waals surface area contributed by atoms with Gasteiger partial charge in [0.25, 0.3) is 0 Å². The standard InChI is InChI=1S/C15H19N3O2S/c19-12(8-21-13-1-2-16-14(20)17-13)18-15-5-9-3-10(6-15)11(4-9)7-15/h1-2,9-11H,3-8H2,(H,18,19)(H,16,17,20). The summed E-state index contributed by atoms with van der Waals surface area (Å²) in [6.45, 7) is 0. The molecule has 1 heterocycles. The van der Waals surface area contributed by atoms with Crippen LogP contribution in [0.25, 0.3) is 0 Å². The van der Waals surface area contributed by atoms with Crippen LogP contribution in [0.15, 0.2) is 22.1 Å². The molecule has 21 heavy (non-hydrogen) atoms. The molecule has 4 bridgehead atoms. The third-order valence-electron chi connectivity index (χ3n) is 5.34. The van der Waals surface area contributed by atoms with Crippen molar-refractivity contribution < 1.29 is 4.79 Å². The number of hydrogen-bond donors (Lipinski definition) is 2. The van der Waals surface area contributed by atoms with Crippen LogP contribution in [0.4, 0.5) is 0 Å². The molecule has 6 heteroatoms. The molecule has 5 rings (SSSR count). The minimum Gasteiger partial charge on any atom is -0.350 e. The van der Waals surface area contributed by atoms with Crippen molar-refractivity contribution in [1.29, 1.82) is 0 Å². The molecule has 2 atom stereocenters. The van der Waals surface area contributed by atoms with E-state index in [4.69, 9.17) is 0 Å². The van der Waals surface area contributed by atoms with Gasteiger partial charge in [-0.3, -0.25) is 4.79 Å². The summed E-state index contributed by atoms with van der Waals surface area (Å²) in [5.74, 6) is 2.98. The molecule has 0 saturated heterocycles. The summed E-state index contributed by atoms with van der Waals surface area (Å²) < 4.78 is 0. The quantitative estimate of drug-likeness (QED) is 0.654. The van der Waals surface area contributed by atoms with Gasteiger partial charge in [0.15, 0.2) is 0 Å². The average Bonchev–Trinajstić information content (AvgIpc) is 2.83. The molecule has 0 spiro atoms. The zero-order valence-electron chi connectivity index (χ0n) is 11.8. The van der Waals surface area contributed by atoms with E-state index in [1.54, 1.807) is 6.07 Å². The molecule has 4 aliphatic carbocycles. The third kappa shape index (κ3) is 2.50. The van der Waals surface area contributed by atoms with Crippen molar-refractivity contribution in [2.24, 2.45) is 17.8 Å². The second-order valence-electron chi connectivity index (χ2n) is 6.83. The van der Waals surface area contributed by atoms with E-state index >= 15 is 0 Å². The van der Waals surface area contributed by atoms with E-state index in [0.717, 1.165) is 17.8 Å². The predicted octanol–water partition coefficient (Wildman–Crippen LogP) is 1.56. The summed E-state index contributed by atoms with van der Waals surface area (Å²) in [6.07, 6.45) is 7.76. The number of thioether (sulfide) groups is 1. The van der Waals surface area contributed by atoms with Crippen LogP contribution in [-0.4, -0.2) is 27.2 Å². The lowest BCUT2D eigenvalue weighted by Crippen LogP contribution is -2.51. The van der Waals surface area contributed by atoms with Crippen molar-refractivity contribution in [3.8, 4) is 0 Å². The Bertz CT molecular complexity index is 610. The normalized spacial score (nSPS) is 36.1. The van der Waals surface area contributed by atoms with Crippen molar-refractivity contribution in [2.45, 2.75) is 42.7 Å². The fourth-order valence-electron chi connectivity index (χ4n) is 4.87. The highest BCUT2D eigenvalue weighted by Gasteiger charge is 2.56. The lowest BCUT2D eigenvalue weighted by atomic mass is 9.76. The van der Waals surface area contributed by atoms with Gasteiger partial charge in [0.05, 0.1) is 10.8 Å². The zero-order chi connectivity index (χ0) is 14.4. The molecule has 4 fully saturated rings. The molecule has 0 radical (unpaired) electrons. The molecule has 0 aromatic carbocycles. The molecule has 4 aliphatic rings. The van der Waals surface area contributed by atoms with Crippen molar-refractivity contribution in [2.75, 3.05) is 5.75 Å². The third-order valence-corrected chi connectivity index (χ3v) is 6.29. The van der Waals surface area contributed by atoms with Gasteiger partial charge in [0.2, 0.25) is 5.91 Å². The smallest absolute Gasteiger partial charge is 0.345 e. The van der Waals surface area contributed by atoms with Gasteiger partial charge in [-0.2, -0.15) is 0 Å². The number of aromatic amines is 1. The highest BCUT2D eigenvalue weighted by Crippen LogP contribution is 2.59. The second-order valence-corrected chi connectivity index (χ2v) is 7.84. The Balaban J connectivity index is 1.35. The SMILES string of the molecule is O=C(CSc1ccnc(=O)[nH]1)NC12CC3CC(C1)C(C3)C2. The molecule has 4 saturated carbocycles. The first kappa shape index (κ1) is 13.4. The molecule has 5 nitrogen and oxygen atoms in total. The zero-order valence-corrected chi connectivity index (χ0v) is 12.6. The van der Waals surface area contributed by atoms with Crippen molar-refractivity contribution in [1.82, 2.24) is 15.3 Å². The maximum Gasteiger partial charge on any atom is 0.345 e. The van der Waals surface area contributed by atoms with Gasteiger partial charge >= 0.3 is 5.69 Å². The van der Waals surface area contributed by atoms with Gasteiger partial charge in [-0.05, 0) is 55.9 Å². The van der Waals surface area contributed by atoms with E-state index in [9.17, 15) is 9.59 Å². The summed E-state index contributed by atoms with van der Waals surface area (Å²) in [5, 5.41) is 4.00. The number of rotatable bonds is 4. The minimum atomic E-state index is -0.370. The van der Waals surface area contributed by atoms with Crippen LogP contribution in [0.5, 0.6) is 0 Å². The van der Waals surface area contributed by atoms with Crippen LogP contribution < -0.4 is 11.0 Å². The van der Waals surface area contributed by atoms with Crippen molar-refractivity contribution >= 4 is 17.7 Å². The van der Waals surface area contributed by atoms with Gasteiger partial charge < -0.3 is 10.3 Å². The van der Waals surface area contributed by atoms with E-state index < -0.39 is 0 Å². The number of H-pyrrole nitrogens is 1. The van der Waals surface area contributed by atoms with Gasteiger partial charge in [-0.1, -0.05) is 11.8 Å². The van der Waals surface area contributed by atoms with Crippen LogP contribution in [0.3, 0.4) is 0 Å². The Kier molecular flexibility index (Phi) is 3.10. The molecule has 2 N–H and O–H groups in total. The summed E-state index contributed by atoms with van der Waals surface area (Å²) in [5.41, 5.74) is -0.287. The monoisotopic (exact) mass is 305 g/mol. The summed E-state index contributed by atoms with van der Waals surface area (Å²) in [6, 6.07) is 1.72. The highest BCUT2D eigenvalue weighted by atomic mass is 32.2. The molecule has 112 valence electrons. The number of amides is 1.